The van der Waals surface area contributed by atoms with Gasteiger partial charge in [0.2, 0.25) is 0 Å². The molecule has 3 heteroatoms. The van der Waals surface area contributed by atoms with E-state index in [1.807, 2.05) is 0 Å². The van der Waals surface area contributed by atoms with Crippen LogP contribution in [-0.2, 0) is 5.41 Å². The maximum absolute atomic E-state index is 6.47. The van der Waals surface area contributed by atoms with E-state index in [9.17, 15) is 0 Å². The molecule has 2 unspecified atom stereocenters. The molecule has 0 amide bonds. The van der Waals surface area contributed by atoms with Crippen molar-refractivity contribution in [3.63, 3.8) is 0 Å². The van der Waals surface area contributed by atoms with E-state index in [1.165, 1.54) is 5.56 Å². The Kier molecular flexibility index (Phi) is 4.16. The molecule has 0 aromatic heterocycles. The van der Waals surface area contributed by atoms with Gasteiger partial charge in [-0.05, 0) is 48.5 Å². The fraction of sp³-hybridized carbons (Fsp3) is 0.625. The average molecular weight is 262 g/mol. The second-order valence-electron chi connectivity index (χ2n) is 6.49. The summed E-state index contributed by atoms with van der Waals surface area (Å²) < 4.78 is 5.49. The molecule has 3 N–H and O–H groups in total. The van der Waals surface area contributed by atoms with Crippen LogP contribution in [0.1, 0.15) is 44.4 Å². The van der Waals surface area contributed by atoms with Crippen LogP contribution in [0.2, 0.25) is 0 Å². The zero-order valence-electron chi connectivity index (χ0n) is 12.5. The van der Waals surface area contributed by atoms with E-state index in [1.54, 1.807) is 7.11 Å². The lowest BCUT2D eigenvalue weighted by Gasteiger charge is -2.25. The quantitative estimate of drug-likeness (QED) is 0.880. The third-order valence-corrected chi connectivity index (χ3v) is 4.06. The van der Waals surface area contributed by atoms with Gasteiger partial charge in [0, 0.05) is 11.6 Å². The Bertz CT molecular complexity index is 431. The van der Waals surface area contributed by atoms with Crippen LogP contribution in [-0.4, -0.2) is 20.2 Å². The van der Waals surface area contributed by atoms with Gasteiger partial charge in [0.15, 0.2) is 0 Å². The Morgan fingerprint density at radius 3 is 2.63 bits per heavy atom. The SMILES string of the molecule is COc1ccc(C(C)(C)C)cc1C(N)C1CCNC1. The smallest absolute Gasteiger partial charge is 0.123 e. The number of hydrogen-bond acceptors (Lipinski definition) is 3. The third kappa shape index (κ3) is 3.10. The molecule has 0 saturated carbocycles. The van der Waals surface area contributed by atoms with Crippen molar-refractivity contribution in [1.82, 2.24) is 5.32 Å². The van der Waals surface area contributed by atoms with Gasteiger partial charge in [-0.1, -0.05) is 26.8 Å². The Labute approximate surface area is 116 Å². The minimum Gasteiger partial charge on any atom is -0.496 e. The molecular formula is C16H26N2O. The Morgan fingerprint density at radius 2 is 2.11 bits per heavy atom. The second-order valence-corrected chi connectivity index (χ2v) is 6.49. The van der Waals surface area contributed by atoms with Crippen LogP contribution in [0.15, 0.2) is 18.2 Å². The summed E-state index contributed by atoms with van der Waals surface area (Å²) in [6.45, 7) is 8.74. The van der Waals surface area contributed by atoms with E-state index in [4.69, 9.17) is 10.5 Å². The highest BCUT2D eigenvalue weighted by molar-refractivity contribution is 5.42. The van der Waals surface area contributed by atoms with Gasteiger partial charge in [0.1, 0.15) is 5.75 Å². The molecule has 1 aliphatic heterocycles. The van der Waals surface area contributed by atoms with Gasteiger partial charge in [0.05, 0.1) is 7.11 Å². The van der Waals surface area contributed by atoms with E-state index in [2.05, 4.69) is 44.3 Å². The molecule has 1 aromatic carbocycles. The van der Waals surface area contributed by atoms with Crippen LogP contribution in [0.4, 0.5) is 0 Å². The first-order valence-corrected chi connectivity index (χ1v) is 7.08. The zero-order chi connectivity index (χ0) is 14.0. The molecule has 0 bridgehead atoms. The van der Waals surface area contributed by atoms with E-state index in [-0.39, 0.29) is 11.5 Å². The lowest BCUT2D eigenvalue weighted by atomic mass is 9.83. The number of rotatable bonds is 3. The Balaban J connectivity index is 2.35. The summed E-state index contributed by atoms with van der Waals surface area (Å²) in [6, 6.07) is 6.47. The molecule has 1 saturated heterocycles. The van der Waals surface area contributed by atoms with Crippen molar-refractivity contribution < 1.29 is 4.74 Å². The van der Waals surface area contributed by atoms with Gasteiger partial charge in [-0.3, -0.25) is 0 Å². The minimum absolute atomic E-state index is 0.0484. The summed E-state index contributed by atoms with van der Waals surface area (Å²) in [5, 5.41) is 3.38. The van der Waals surface area contributed by atoms with Crippen molar-refractivity contribution in [2.75, 3.05) is 20.2 Å². The van der Waals surface area contributed by atoms with E-state index in [0.29, 0.717) is 5.92 Å². The summed E-state index contributed by atoms with van der Waals surface area (Å²) in [4.78, 5) is 0. The summed E-state index contributed by atoms with van der Waals surface area (Å²) >= 11 is 0. The molecule has 0 spiro atoms. The monoisotopic (exact) mass is 262 g/mol. The number of benzene rings is 1. The second kappa shape index (κ2) is 5.51. The summed E-state index contributed by atoms with van der Waals surface area (Å²) in [5.74, 6) is 1.41. The molecule has 1 aromatic rings. The highest BCUT2D eigenvalue weighted by atomic mass is 16.5. The van der Waals surface area contributed by atoms with E-state index in [0.717, 1.165) is 30.8 Å². The average Bonchev–Trinajstić information content (AvgIpc) is 2.90. The van der Waals surface area contributed by atoms with Crippen molar-refractivity contribution in [3.8, 4) is 5.75 Å². The van der Waals surface area contributed by atoms with Crippen molar-refractivity contribution in [3.05, 3.63) is 29.3 Å². The number of methoxy groups -OCH3 is 1. The third-order valence-electron chi connectivity index (χ3n) is 4.06. The number of nitrogens with one attached hydrogen (secondary N) is 1. The highest BCUT2D eigenvalue weighted by Gasteiger charge is 2.26. The lowest BCUT2D eigenvalue weighted by Crippen LogP contribution is -2.24. The van der Waals surface area contributed by atoms with Crippen LogP contribution in [0.3, 0.4) is 0 Å². The van der Waals surface area contributed by atoms with Gasteiger partial charge in [-0.15, -0.1) is 0 Å². The first-order chi connectivity index (χ1) is 8.93. The van der Waals surface area contributed by atoms with Crippen molar-refractivity contribution in [2.45, 2.75) is 38.6 Å². The Morgan fingerprint density at radius 1 is 1.37 bits per heavy atom. The molecule has 106 valence electrons. The first-order valence-electron chi connectivity index (χ1n) is 7.08. The molecule has 2 rings (SSSR count). The normalized spacial score (nSPS) is 21.4. The minimum atomic E-state index is 0.0484. The van der Waals surface area contributed by atoms with Crippen LogP contribution in [0.25, 0.3) is 0 Å². The number of hydrogen-bond donors (Lipinski definition) is 2. The zero-order valence-corrected chi connectivity index (χ0v) is 12.5. The van der Waals surface area contributed by atoms with Crippen molar-refractivity contribution in [1.29, 1.82) is 0 Å². The molecule has 3 nitrogen and oxygen atoms in total. The maximum atomic E-state index is 6.47. The van der Waals surface area contributed by atoms with Crippen molar-refractivity contribution >= 4 is 0 Å². The van der Waals surface area contributed by atoms with Gasteiger partial charge >= 0.3 is 0 Å². The summed E-state index contributed by atoms with van der Waals surface area (Å²) in [6.07, 6.45) is 1.14. The topological polar surface area (TPSA) is 47.3 Å². The largest absolute Gasteiger partial charge is 0.496 e. The fourth-order valence-electron chi connectivity index (χ4n) is 2.70. The van der Waals surface area contributed by atoms with Crippen LogP contribution in [0.5, 0.6) is 5.75 Å². The molecule has 2 atom stereocenters. The van der Waals surface area contributed by atoms with Gasteiger partial charge < -0.3 is 15.8 Å². The molecular weight excluding hydrogens is 236 g/mol. The van der Waals surface area contributed by atoms with E-state index < -0.39 is 0 Å². The summed E-state index contributed by atoms with van der Waals surface area (Å²) in [7, 11) is 1.72. The lowest BCUT2D eigenvalue weighted by molar-refractivity contribution is 0.389. The Hall–Kier alpha value is -1.06. The van der Waals surface area contributed by atoms with Gasteiger partial charge in [0.25, 0.3) is 0 Å². The molecule has 1 heterocycles. The predicted octanol–water partition coefficient (Wildman–Crippen LogP) is 2.60. The van der Waals surface area contributed by atoms with Crippen molar-refractivity contribution in [2.24, 2.45) is 11.7 Å². The molecule has 0 radical (unpaired) electrons. The molecule has 1 aliphatic rings. The van der Waals surface area contributed by atoms with Crippen LogP contribution in [0, 0.1) is 5.92 Å². The molecule has 0 aliphatic carbocycles. The van der Waals surface area contributed by atoms with Crippen LogP contribution < -0.4 is 15.8 Å². The molecule has 19 heavy (non-hydrogen) atoms. The van der Waals surface area contributed by atoms with E-state index >= 15 is 0 Å². The predicted molar refractivity (Wildman–Crippen MR) is 79.6 cm³/mol. The maximum Gasteiger partial charge on any atom is 0.123 e. The number of ether oxygens (including phenoxy) is 1. The number of nitrogens with two attached hydrogens (primary N) is 1. The van der Waals surface area contributed by atoms with Gasteiger partial charge in [-0.25, -0.2) is 0 Å². The summed E-state index contributed by atoms with van der Waals surface area (Å²) in [5.41, 5.74) is 9.05. The first kappa shape index (κ1) is 14.4. The standard InChI is InChI=1S/C16H26N2O/c1-16(2,3)12-5-6-14(19-4)13(9-12)15(17)11-7-8-18-10-11/h5-6,9,11,15,18H,7-8,10,17H2,1-4H3. The molecule has 1 fully saturated rings. The highest BCUT2D eigenvalue weighted by Crippen LogP contribution is 2.34. The van der Waals surface area contributed by atoms with Crippen LogP contribution >= 0.6 is 0 Å². The van der Waals surface area contributed by atoms with Gasteiger partial charge in [-0.2, -0.15) is 0 Å². The fourth-order valence-corrected chi connectivity index (χ4v) is 2.70.